The first-order chi connectivity index (χ1) is 4.83. The highest BCUT2D eigenvalue weighted by atomic mass is 32.1. The molecule has 0 heterocycles. The van der Waals surface area contributed by atoms with Gasteiger partial charge in [-0.3, -0.25) is 0 Å². The van der Waals surface area contributed by atoms with E-state index in [1.54, 1.807) is 12.1 Å². The van der Waals surface area contributed by atoms with Crippen molar-refractivity contribution < 1.29 is 0 Å². The van der Waals surface area contributed by atoms with Crippen molar-refractivity contribution >= 4 is 36.4 Å². The van der Waals surface area contributed by atoms with Crippen molar-refractivity contribution in [1.29, 1.82) is 0 Å². The van der Waals surface area contributed by atoms with Crippen LogP contribution in [-0.4, -0.2) is 13.0 Å². The summed E-state index contributed by atoms with van der Waals surface area (Å²) in [5, 5.41) is 2.26. The van der Waals surface area contributed by atoms with Crippen molar-refractivity contribution in [3.05, 3.63) is 24.3 Å². The summed E-state index contributed by atoms with van der Waals surface area (Å²) >= 11 is 4.42. The average Bonchev–Trinajstić information content (AvgIpc) is 1.88. The first kappa shape index (κ1) is 7.20. The minimum Gasteiger partial charge on any atom is -0.195 e. The van der Waals surface area contributed by atoms with Crippen LogP contribution in [0.25, 0.3) is 0 Å². The van der Waals surface area contributed by atoms with Crippen molar-refractivity contribution in [3.8, 4) is 0 Å². The topological polar surface area (TPSA) is 12.4 Å². The van der Waals surface area contributed by atoms with Crippen LogP contribution < -0.4 is 5.46 Å². The molecule has 0 fully saturated rings. The van der Waals surface area contributed by atoms with Crippen molar-refractivity contribution in [1.82, 2.24) is 0 Å². The number of thiocarbonyl (C=S) groups is 1. The van der Waals surface area contributed by atoms with Crippen LogP contribution in [0.15, 0.2) is 29.3 Å². The van der Waals surface area contributed by atoms with Gasteiger partial charge in [-0.05, 0) is 24.4 Å². The fraction of sp³-hybridized carbons (Fsp3) is 0. The quantitative estimate of drug-likeness (QED) is 0.328. The van der Waals surface area contributed by atoms with Gasteiger partial charge in [0.05, 0.1) is 10.8 Å². The molecule has 1 rings (SSSR count). The Labute approximate surface area is 66.2 Å². The summed E-state index contributed by atoms with van der Waals surface area (Å²) in [6.07, 6.45) is 0. The van der Waals surface area contributed by atoms with E-state index in [1.807, 2.05) is 12.1 Å². The largest absolute Gasteiger partial charge is 0.195 e. The Kier molecular flexibility index (Phi) is 2.38. The zero-order valence-electron chi connectivity index (χ0n) is 5.24. The Morgan fingerprint density at radius 2 is 2.30 bits per heavy atom. The monoisotopic (exact) mass is 145 g/mol. The highest BCUT2D eigenvalue weighted by Gasteiger charge is 1.85. The Balaban J connectivity index is 3.06. The zero-order valence-corrected chi connectivity index (χ0v) is 6.06. The first-order valence-corrected chi connectivity index (χ1v) is 3.17. The van der Waals surface area contributed by atoms with Crippen LogP contribution in [0.2, 0.25) is 0 Å². The highest BCUT2D eigenvalue weighted by Crippen LogP contribution is 2.05. The minimum atomic E-state index is 0.687. The molecule has 1 aromatic rings. The number of aliphatic imine (C=N–C) groups is 1. The van der Waals surface area contributed by atoms with E-state index in [1.165, 1.54) is 0 Å². The second-order valence-corrected chi connectivity index (χ2v) is 1.98. The molecule has 1 nitrogen and oxygen atoms in total. The van der Waals surface area contributed by atoms with Crippen LogP contribution in [0.4, 0.5) is 5.69 Å². The summed E-state index contributed by atoms with van der Waals surface area (Å²) in [5.74, 6) is 0. The maximum atomic E-state index is 5.47. The van der Waals surface area contributed by atoms with Crippen molar-refractivity contribution in [3.63, 3.8) is 0 Å². The molecule has 0 aliphatic heterocycles. The van der Waals surface area contributed by atoms with Gasteiger partial charge >= 0.3 is 0 Å². The molecular formula is C7H4BNS. The Hall–Kier alpha value is -0.915. The van der Waals surface area contributed by atoms with E-state index in [0.29, 0.717) is 5.46 Å². The summed E-state index contributed by atoms with van der Waals surface area (Å²) in [4.78, 5) is 3.75. The Morgan fingerprint density at radius 3 is 2.90 bits per heavy atom. The van der Waals surface area contributed by atoms with E-state index in [2.05, 4.69) is 22.4 Å². The summed E-state index contributed by atoms with van der Waals surface area (Å²) in [6, 6.07) is 7.16. The molecular weight excluding hydrogens is 141 g/mol. The van der Waals surface area contributed by atoms with Crippen LogP contribution >= 0.6 is 12.2 Å². The smallest absolute Gasteiger partial charge is 0.113 e. The lowest BCUT2D eigenvalue weighted by Crippen LogP contribution is -1.98. The Morgan fingerprint density at radius 1 is 1.50 bits per heavy atom. The maximum absolute atomic E-state index is 5.47. The van der Waals surface area contributed by atoms with Crippen molar-refractivity contribution in [2.24, 2.45) is 4.99 Å². The normalized spacial score (nSPS) is 8.40. The van der Waals surface area contributed by atoms with E-state index in [-0.39, 0.29) is 0 Å². The van der Waals surface area contributed by atoms with E-state index in [9.17, 15) is 0 Å². The molecule has 0 spiro atoms. The number of hydrogen-bond donors (Lipinski definition) is 0. The van der Waals surface area contributed by atoms with Gasteiger partial charge in [-0.15, -0.1) is 0 Å². The lowest BCUT2D eigenvalue weighted by atomic mass is 9.96. The first-order valence-electron chi connectivity index (χ1n) is 2.76. The third-order valence-corrected chi connectivity index (χ3v) is 1.14. The molecule has 0 unspecified atom stereocenters. The lowest BCUT2D eigenvalue weighted by molar-refractivity contribution is 1.57. The predicted octanol–water partition coefficient (Wildman–Crippen LogP) is 1.21. The number of isothiocyanates is 1. The molecule has 10 heavy (non-hydrogen) atoms. The number of rotatable bonds is 1. The molecule has 0 aromatic heterocycles. The van der Waals surface area contributed by atoms with E-state index in [4.69, 9.17) is 7.85 Å². The zero-order chi connectivity index (χ0) is 7.40. The fourth-order valence-corrected chi connectivity index (χ4v) is 0.752. The van der Waals surface area contributed by atoms with Gasteiger partial charge in [-0.2, -0.15) is 4.99 Å². The molecule has 3 heteroatoms. The minimum absolute atomic E-state index is 0.687. The van der Waals surface area contributed by atoms with Gasteiger partial charge in [0.25, 0.3) is 0 Å². The van der Waals surface area contributed by atoms with E-state index >= 15 is 0 Å². The SMILES string of the molecule is [B]c1cccc(N=C=S)c1. The van der Waals surface area contributed by atoms with Crippen LogP contribution in [0.3, 0.4) is 0 Å². The van der Waals surface area contributed by atoms with E-state index < -0.39 is 0 Å². The standard InChI is InChI=1S/C7H4BNS/c8-6-2-1-3-7(4-6)9-5-10/h1-4H. The van der Waals surface area contributed by atoms with Crippen molar-refractivity contribution in [2.45, 2.75) is 0 Å². The molecule has 0 aliphatic carbocycles. The predicted molar refractivity (Wildman–Crippen MR) is 46.5 cm³/mol. The molecule has 0 amide bonds. The van der Waals surface area contributed by atoms with Gasteiger partial charge in [-0.25, -0.2) is 0 Å². The third-order valence-electron chi connectivity index (χ3n) is 1.04. The average molecular weight is 145 g/mol. The lowest BCUT2D eigenvalue weighted by Gasteiger charge is -1.91. The molecule has 0 bridgehead atoms. The van der Waals surface area contributed by atoms with Gasteiger partial charge in [0.1, 0.15) is 7.85 Å². The fourth-order valence-electron chi connectivity index (χ4n) is 0.647. The van der Waals surface area contributed by atoms with Gasteiger partial charge < -0.3 is 0 Å². The van der Waals surface area contributed by atoms with Crippen molar-refractivity contribution in [2.75, 3.05) is 0 Å². The van der Waals surface area contributed by atoms with Crippen LogP contribution in [0, 0.1) is 0 Å². The van der Waals surface area contributed by atoms with Gasteiger partial charge in [-0.1, -0.05) is 17.6 Å². The van der Waals surface area contributed by atoms with Gasteiger partial charge in [0, 0.05) is 0 Å². The number of hydrogen-bond acceptors (Lipinski definition) is 2. The maximum Gasteiger partial charge on any atom is 0.113 e. The van der Waals surface area contributed by atoms with E-state index in [0.717, 1.165) is 5.69 Å². The molecule has 46 valence electrons. The molecule has 0 N–H and O–H groups in total. The number of benzene rings is 1. The number of nitrogens with zero attached hydrogens (tertiary/aromatic N) is 1. The summed E-state index contributed by atoms with van der Waals surface area (Å²) in [7, 11) is 5.47. The second kappa shape index (κ2) is 3.30. The highest BCUT2D eigenvalue weighted by molar-refractivity contribution is 7.78. The Bertz CT molecular complexity index is 279. The van der Waals surface area contributed by atoms with Crippen LogP contribution in [0.5, 0.6) is 0 Å². The molecule has 0 aliphatic rings. The third kappa shape index (κ3) is 1.80. The molecule has 0 saturated carbocycles. The molecule has 0 atom stereocenters. The molecule has 0 saturated heterocycles. The molecule has 2 radical (unpaired) electrons. The molecule has 1 aromatic carbocycles. The second-order valence-electron chi connectivity index (χ2n) is 1.80. The van der Waals surface area contributed by atoms with Gasteiger partial charge in [0.15, 0.2) is 0 Å². The van der Waals surface area contributed by atoms with Crippen LogP contribution in [0.1, 0.15) is 0 Å². The summed E-state index contributed by atoms with van der Waals surface area (Å²) < 4.78 is 0. The van der Waals surface area contributed by atoms with Gasteiger partial charge in [0.2, 0.25) is 0 Å². The van der Waals surface area contributed by atoms with Crippen LogP contribution in [-0.2, 0) is 0 Å². The summed E-state index contributed by atoms with van der Waals surface area (Å²) in [6.45, 7) is 0. The summed E-state index contributed by atoms with van der Waals surface area (Å²) in [5.41, 5.74) is 1.43.